The van der Waals surface area contributed by atoms with E-state index in [1.165, 1.54) is 0 Å². The Morgan fingerprint density at radius 2 is 1.50 bits per heavy atom. The van der Waals surface area contributed by atoms with Crippen molar-refractivity contribution in [1.82, 2.24) is 0 Å². The van der Waals surface area contributed by atoms with Gasteiger partial charge in [0.05, 0.1) is 0 Å². The van der Waals surface area contributed by atoms with E-state index in [1.807, 2.05) is 0 Å². The van der Waals surface area contributed by atoms with Gasteiger partial charge in [0, 0.05) is 33.4 Å². The number of hydrogen-bond acceptors (Lipinski definition) is 4. The number of aliphatic hydroxyl groups is 2. The summed E-state index contributed by atoms with van der Waals surface area (Å²) in [5, 5.41) is 17.5. The van der Waals surface area contributed by atoms with E-state index in [0.717, 1.165) is 0 Å². The molecule has 0 spiro atoms. The lowest BCUT2D eigenvalue weighted by Gasteiger charge is -2.16. The molecule has 0 fully saturated rings. The van der Waals surface area contributed by atoms with Gasteiger partial charge in [0.15, 0.2) is 6.29 Å². The Bertz CT molecular complexity index is 77.1. The van der Waals surface area contributed by atoms with Crippen molar-refractivity contribution in [2.75, 3.05) is 27.4 Å². The molecule has 0 aromatic heterocycles. The largest absolute Gasteiger partial charge is 0.396 e. The lowest BCUT2D eigenvalue weighted by atomic mass is 10.1. The zero-order valence-electron chi connectivity index (χ0n) is 7.69. The molecule has 0 rings (SSSR count). The van der Waals surface area contributed by atoms with Crippen LogP contribution in [0.1, 0.15) is 12.8 Å². The summed E-state index contributed by atoms with van der Waals surface area (Å²) < 4.78 is 9.91. The van der Waals surface area contributed by atoms with Crippen LogP contribution in [0.25, 0.3) is 0 Å². The molecule has 0 atom stereocenters. The van der Waals surface area contributed by atoms with Crippen molar-refractivity contribution in [2.24, 2.45) is 5.92 Å². The third kappa shape index (κ3) is 4.66. The van der Waals surface area contributed by atoms with Gasteiger partial charge < -0.3 is 19.7 Å². The van der Waals surface area contributed by atoms with Crippen LogP contribution in [0.15, 0.2) is 0 Å². The molecule has 0 unspecified atom stereocenters. The first kappa shape index (κ1) is 11.8. The van der Waals surface area contributed by atoms with Crippen LogP contribution in [0.2, 0.25) is 0 Å². The Hall–Kier alpha value is -0.160. The molecule has 0 aliphatic rings. The third-order valence-corrected chi connectivity index (χ3v) is 1.85. The fourth-order valence-electron chi connectivity index (χ4n) is 0.944. The van der Waals surface area contributed by atoms with Crippen LogP contribution in [0, 0.1) is 5.92 Å². The maximum atomic E-state index is 8.74. The van der Waals surface area contributed by atoms with Gasteiger partial charge in [-0.25, -0.2) is 0 Å². The zero-order chi connectivity index (χ0) is 9.40. The Morgan fingerprint density at radius 3 is 1.83 bits per heavy atom. The molecule has 2 N–H and O–H groups in total. The van der Waals surface area contributed by atoms with E-state index in [4.69, 9.17) is 19.7 Å². The van der Waals surface area contributed by atoms with Crippen molar-refractivity contribution in [1.29, 1.82) is 0 Å². The minimum Gasteiger partial charge on any atom is -0.396 e. The second-order valence-corrected chi connectivity index (χ2v) is 2.71. The second kappa shape index (κ2) is 7.49. The van der Waals surface area contributed by atoms with Gasteiger partial charge >= 0.3 is 0 Å². The van der Waals surface area contributed by atoms with Crippen molar-refractivity contribution in [3.05, 3.63) is 0 Å². The van der Waals surface area contributed by atoms with Crippen LogP contribution in [0.5, 0.6) is 0 Å². The SMILES string of the molecule is COC(CCC(CO)CO)OC. The zero-order valence-corrected chi connectivity index (χ0v) is 7.69. The first-order valence-electron chi connectivity index (χ1n) is 4.05. The minimum absolute atomic E-state index is 0.0106. The molecule has 0 saturated heterocycles. The molecule has 4 nitrogen and oxygen atoms in total. The smallest absolute Gasteiger partial charge is 0.156 e. The summed E-state index contributed by atoms with van der Waals surface area (Å²) in [6, 6.07) is 0. The maximum Gasteiger partial charge on any atom is 0.156 e. The summed E-state index contributed by atoms with van der Waals surface area (Å²) >= 11 is 0. The molecular weight excluding hydrogens is 160 g/mol. The average molecular weight is 178 g/mol. The van der Waals surface area contributed by atoms with E-state index in [1.54, 1.807) is 14.2 Å². The fraction of sp³-hybridized carbons (Fsp3) is 1.00. The van der Waals surface area contributed by atoms with Gasteiger partial charge in [-0.3, -0.25) is 0 Å². The first-order chi connectivity index (χ1) is 5.78. The van der Waals surface area contributed by atoms with Crippen LogP contribution in [0.3, 0.4) is 0 Å². The predicted molar refractivity (Wildman–Crippen MR) is 44.7 cm³/mol. The summed E-state index contributed by atoms with van der Waals surface area (Å²) in [6.07, 6.45) is 1.17. The van der Waals surface area contributed by atoms with Gasteiger partial charge in [0.25, 0.3) is 0 Å². The Morgan fingerprint density at radius 1 is 1.00 bits per heavy atom. The molecule has 0 aliphatic heterocycles. The standard InChI is InChI=1S/C8H18O4/c1-11-8(12-2)4-3-7(5-9)6-10/h7-10H,3-6H2,1-2H3. The highest BCUT2D eigenvalue weighted by atomic mass is 16.7. The highest BCUT2D eigenvalue weighted by molar-refractivity contribution is 4.56. The van der Waals surface area contributed by atoms with Crippen LogP contribution in [0.4, 0.5) is 0 Å². The topological polar surface area (TPSA) is 58.9 Å². The molecular formula is C8H18O4. The normalized spacial score (nSPS) is 11.5. The molecule has 0 aromatic rings. The molecule has 0 aliphatic carbocycles. The third-order valence-electron chi connectivity index (χ3n) is 1.85. The molecule has 0 amide bonds. The lowest BCUT2D eigenvalue weighted by Crippen LogP contribution is -2.18. The number of methoxy groups -OCH3 is 2. The van der Waals surface area contributed by atoms with Crippen LogP contribution in [-0.2, 0) is 9.47 Å². The van der Waals surface area contributed by atoms with Crippen LogP contribution >= 0.6 is 0 Å². The van der Waals surface area contributed by atoms with Crippen molar-refractivity contribution in [2.45, 2.75) is 19.1 Å². The summed E-state index contributed by atoms with van der Waals surface area (Å²) in [5.41, 5.74) is 0. The summed E-state index contributed by atoms with van der Waals surface area (Å²) in [5.74, 6) is -0.0576. The number of rotatable bonds is 7. The van der Waals surface area contributed by atoms with E-state index >= 15 is 0 Å². The minimum atomic E-state index is -0.231. The van der Waals surface area contributed by atoms with Gasteiger partial charge in [-0.2, -0.15) is 0 Å². The molecule has 0 bridgehead atoms. The summed E-state index contributed by atoms with van der Waals surface area (Å²) in [4.78, 5) is 0. The highest BCUT2D eigenvalue weighted by Crippen LogP contribution is 2.09. The van der Waals surface area contributed by atoms with Gasteiger partial charge in [-0.1, -0.05) is 0 Å². The van der Waals surface area contributed by atoms with Crippen molar-refractivity contribution < 1.29 is 19.7 Å². The van der Waals surface area contributed by atoms with Crippen molar-refractivity contribution in [3.63, 3.8) is 0 Å². The molecule has 0 radical (unpaired) electrons. The number of hydrogen-bond donors (Lipinski definition) is 2. The number of aliphatic hydroxyl groups excluding tert-OH is 2. The van der Waals surface area contributed by atoms with Crippen LogP contribution in [-0.4, -0.2) is 43.9 Å². The Balaban J connectivity index is 3.49. The van der Waals surface area contributed by atoms with E-state index < -0.39 is 0 Å². The molecule has 74 valence electrons. The Kier molecular flexibility index (Phi) is 7.39. The fourth-order valence-corrected chi connectivity index (χ4v) is 0.944. The predicted octanol–water partition coefficient (Wildman–Crippen LogP) is -0.0137. The first-order valence-corrected chi connectivity index (χ1v) is 4.05. The molecule has 0 aromatic carbocycles. The van der Waals surface area contributed by atoms with Gasteiger partial charge in [0.1, 0.15) is 0 Å². The van der Waals surface area contributed by atoms with E-state index in [9.17, 15) is 0 Å². The monoisotopic (exact) mass is 178 g/mol. The van der Waals surface area contributed by atoms with Crippen molar-refractivity contribution in [3.8, 4) is 0 Å². The lowest BCUT2D eigenvalue weighted by molar-refractivity contribution is -0.110. The molecule has 0 saturated carbocycles. The van der Waals surface area contributed by atoms with E-state index in [0.29, 0.717) is 12.8 Å². The molecule has 4 heteroatoms. The molecule has 0 heterocycles. The van der Waals surface area contributed by atoms with Crippen molar-refractivity contribution >= 4 is 0 Å². The summed E-state index contributed by atoms with van der Waals surface area (Å²) in [6.45, 7) is 0.0211. The average Bonchev–Trinajstić information content (AvgIpc) is 2.13. The van der Waals surface area contributed by atoms with Crippen LogP contribution < -0.4 is 0 Å². The van der Waals surface area contributed by atoms with E-state index in [-0.39, 0.29) is 25.4 Å². The van der Waals surface area contributed by atoms with Gasteiger partial charge in [0.2, 0.25) is 0 Å². The quantitative estimate of drug-likeness (QED) is 0.538. The van der Waals surface area contributed by atoms with Gasteiger partial charge in [-0.15, -0.1) is 0 Å². The Labute approximate surface area is 73.1 Å². The highest BCUT2D eigenvalue weighted by Gasteiger charge is 2.10. The summed E-state index contributed by atoms with van der Waals surface area (Å²) in [7, 11) is 3.14. The van der Waals surface area contributed by atoms with E-state index in [2.05, 4.69) is 0 Å². The number of ether oxygens (including phenoxy) is 2. The van der Waals surface area contributed by atoms with Gasteiger partial charge in [-0.05, 0) is 12.8 Å². The molecule has 12 heavy (non-hydrogen) atoms. The second-order valence-electron chi connectivity index (χ2n) is 2.71. The maximum absolute atomic E-state index is 8.74.